The van der Waals surface area contributed by atoms with Gasteiger partial charge in [0.25, 0.3) is 0 Å². The van der Waals surface area contributed by atoms with E-state index in [9.17, 15) is 0 Å². The molecule has 1 aliphatic rings. The second-order valence-corrected chi connectivity index (χ2v) is 6.66. The molecule has 0 aliphatic heterocycles. The Balaban J connectivity index is 2.26. The molecule has 2 atom stereocenters. The molecule has 0 bridgehead atoms. The van der Waals surface area contributed by atoms with Gasteiger partial charge in [0, 0.05) is 6.04 Å². The molecule has 100 valence electrons. The Bertz CT molecular complexity index is 429. The minimum Gasteiger partial charge on any atom is -0.310 e. The minimum atomic E-state index is 0.325. The van der Waals surface area contributed by atoms with Crippen LogP contribution in [0.4, 0.5) is 0 Å². The maximum atomic E-state index is 6.36. The average molecular weight is 286 g/mol. The quantitative estimate of drug-likeness (QED) is 0.796. The average Bonchev–Trinajstić information content (AvgIpc) is 2.94. The third-order valence-corrected chi connectivity index (χ3v) is 4.76. The van der Waals surface area contributed by atoms with Crippen molar-refractivity contribution in [1.29, 1.82) is 0 Å². The largest absolute Gasteiger partial charge is 0.310 e. The molecule has 3 heteroatoms. The molecule has 1 saturated carbocycles. The van der Waals surface area contributed by atoms with Crippen molar-refractivity contribution in [3.8, 4) is 0 Å². The fourth-order valence-electron chi connectivity index (χ4n) is 2.61. The summed E-state index contributed by atoms with van der Waals surface area (Å²) in [6.07, 6.45) is 2.37. The molecule has 1 nitrogen and oxygen atoms in total. The number of hydrogen-bond donors (Lipinski definition) is 1. The van der Waals surface area contributed by atoms with Gasteiger partial charge in [-0.05, 0) is 42.3 Å². The number of halogens is 2. The lowest BCUT2D eigenvalue weighted by Gasteiger charge is -2.22. The van der Waals surface area contributed by atoms with Crippen molar-refractivity contribution in [3.05, 3.63) is 33.8 Å². The molecule has 0 saturated heterocycles. The van der Waals surface area contributed by atoms with Crippen LogP contribution in [0.3, 0.4) is 0 Å². The number of nitrogens with one attached hydrogen (secondary N) is 1. The van der Waals surface area contributed by atoms with Crippen molar-refractivity contribution < 1.29 is 0 Å². The Labute approximate surface area is 120 Å². The van der Waals surface area contributed by atoms with Crippen molar-refractivity contribution in [2.24, 2.45) is 11.3 Å². The van der Waals surface area contributed by atoms with Gasteiger partial charge in [0.1, 0.15) is 0 Å². The highest BCUT2D eigenvalue weighted by Crippen LogP contribution is 2.58. The van der Waals surface area contributed by atoms with Crippen LogP contribution in [-0.4, -0.2) is 6.54 Å². The minimum absolute atomic E-state index is 0.325. The fourth-order valence-corrected chi connectivity index (χ4v) is 3.03. The van der Waals surface area contributed by atoms with E-state index in [1.807, 2.05) is 12.1 Å². The van der Waals surface area contributed by atoms with Crippen molar-refractivity contribution in [2.75, 3.05) is 6.54 Å². The van der Waals surface area contributed by atoms with Crippen LogP contribution in [-0.2, 0) is 0 Å². The van der Waals surface area contributed by atoms with Gasteiger partial charge >= 0.3 is 0 Å². The molecule has 1 fully saturated rings. The predicted molar refractivity (Wildman–Crippen MR) is 79.4 cm³/mol. The van der Waals surface area contributed by atoms with Crippen LogP contribution in [0.15, 0.2) is 18.2 Å². The van der Waals surface area contributed by atoms with Crippen LogP contribution in [0.5, 0.6) is 0 Å². The molecular weight excluding hydrogens is 265 g/mol. The van der Waals surface area contributed by atoms with E-state index in [1.165, 1.54) is 6.42 Å². The van der Waals surface area contributed by atoms with Crippen molar-refractivity contribution in [1.82, 2.24) is 5.32 Å². The second kappa shape index (κ2) is 5.40. The molecule has 1 aromatic carbocycles. The van der Waals surface area contributed by atoms with E-state index in [1.54, 1.807) is 0 Å². The molecule has 0 amide bonds. The standard InChI is InChI=1S/C15H21Cl2N/c1-4-8-18-14(11-9-15(11,2)3)10-6-5-7-12(16)13(10)17/h5-7,11,14,18H,4,8-9H2,1-3H3. The highest BCUT2D eigenvalue weighted by molar-refractivity contribution is 6.42. The summed E-state index contributed by atoms with van der Waals surface area (Å²) in [6.45, 7) is 7.83. The first kappa shape index (κ1) is 14.2. The lowest BCUT2D eigenvalue weighted by atomic mass is 9.97. The fraction of sp³-hybridized carbons (Fsp3) is 0.600. The maximum absolute atomic E-state index is 6.36. The zero-order valence-corrected chi connectivity index (χ0v) is 12.8. The highest BCUT2D eigenvalue weighted by atomic mass is 35.5. The van der Waals surface area contributed by atoms with Crippen LogP contribution < -0.4 is 5.32 Å². The first-order valence-electron chi connectivity index (χ1n) is 6.64. The lowest BCUT2D eigenvalue weighted by molar-refractivity contribution is 0.416. The van der Waals surface area contributed by atoms with Gasteiger partial charge in [-0.2, -0.15) is 0 Å². The maximum Gasteiger partial charge on any atom is 0.0640 e. The number of rotatable bonds is 5. The van der Waals surface area contributed by atoms with Gasteiger partial charge in [0.05, 0.1) is 10.0 Å². The van der Waals surface area contributed by atoms with Crippen molar-refractivity contribution >= 4 is 23.2 Å². The van der Waals surface area contributed by atoms with Crippen LogP contribution in [0, 0.1) is 11.3 Å². The molecule has 18 heavy (non-hydrogen) atoms. The van der Waals surface area contributed by atoms with Gasteiger partial charge in [0.2, 0.25) is 0 Å². The molecule has 2 rings (SSSR count). The van der Waals surface area contributed by atoms with Crippen LogP contribution >= 0.6 is 23.2 Å². The van der Waals surface area contributed by atoms with Crippen molar-refractivity contribution in [3.63, 3.8) is 0 Å². The third kappa shape index (κ3) is 2.84. The van der Waals surface area contributed by atoms with Gasteiger partial charge < -0.3 is 5.32 Å². The molecule has 0 aromatic heterocycles. The molecule has 1 aromatic rings. The molecule has 1 aliphatic carbocycles. The summed E-state index contributed by atoms with van der Waals surface area (Å²) in [5, 5.41) is 4.98. The van der Waals surface area contributed by atoms with Gasteiger partial charge in [-0.3, -0.25) is 0 Å². The first-order valence-corrected chi connectivity index (χ1v) is 7.40. The summed E-state index contributed by atoms with van der Waals surface area (Å²) in [7, 11) is 0. The number of hydrogen-bond acceptors (Lipinski definition) is 1. The van der Waals surface area contributed by atoms with Crippen LogP contribution in [0.2, 0.25) is 10.0 Å². The molecular formula is C15H21Cl2N. The smallest absolute Gasteiger partial charge is 0.0640 e. The van der Waals surface area contributed by atoms with E-state index in [0.717, 1.165) is 18.5 Å². The van der Waals surface area contributed by atoms with E-state index in [-0.39, 0.29) is 0 Å². The summed E-state index contributed by atoms with van der Waals surface area (Å²) in [6, 6.07) is 6.25. The Kier molecular flexibility index (Phi) is 4.25. The third-order valence-electron chi connectivity index (χ3n) is 3.92. The Morgan fingerprint density at radius 2 is 2.06 bits per heavy atom. The predicted octanol–water partition coefficient (Wildman–Crippen LogP) is 5.08. The zero-order valence-electron chi connectivity index (χ0n) is 11.3. The summed E-state index contributed by atoms with van der Waals surface area (Å²) in [4.78, 5) is 0. The van der Waals surface area contributed by atoms with Gasteiger partial charge in [-0.15, -0.1) is 0 Å². The number of benzene rings is 1. The molecule has 0 radical (unpaired) electrons. The van der Waals surface area contributed by atoms with Gasteiger partial charge in [-0.25, -0.2) is 0 Å². The zero-order chi connectivity index (χ0) is 13.3. The normalized spacial score (nSPS) is 22.8. The Hall–Kier alpha value is -0.240. The molecule has 0 heterocycles. The summed E-state index contributed by atoms with van der Waals surface area (Å²) < 4.78 is 0. The Morgan fingerprint density at radius 3 is 2.61 bits per heavy atom. The monoisotopic (exact) mass is 285 g/mol. The highest BCUT2D eigenvalue weighted by Gasteiger charge is 2.50. The van der Waals surface area contributed by atoms with Gasteiger partial charge in [0.15, 0.2) is 0 Å². The van der Waals surface area contributed by atoms with Crippen LogP contribution in [0.1, 0.15) is 45.2 Å². The van der Waals surface area contributed by atoms with Crippen molar-refractivity contribution in [2.45, 2.75) is 39.7 Å². The van der Waals surface area contributed by atoms with Gasteiger partial charge in [-0.1, -0.05) is 56.1 Å². The second-order valence-electron chi connectivity index (χ2n) is 5.87. The van der Waals surface area contributed by atoms with E-state index < -0.39 is 0 Å². The van der Waals surface area contributed by atoms with E-state index in [4.69, 9.17) is 23.2 Å². The lowest BCUT2D eigenvalue weighted by Crippen LogP contribution is -2.25. The Morgan fingerprint density at radius 1 is 1.39 bits per heavy atom. The molecule has 1 N–H and O–H groups in total. The topological polar surface area (TPSA) is 12.0 Å². The summed E-state index contributed by atoms with van der Waals surface area (Å²) >= 11 is 12.5. The molecule has 0 spiro atoms. The van der Waals surface area contributed by atoms with Crippen LogP contribution in [0.25, 0.3) is 0 Å². The summed E-state index contributed by atoms with van der Waals surface area (Å²) in [5.41, 5.74) is 1.56. The van der Waals surface area contributed by atoms with E-state index >= 15 is 0 Å². The van der Waals surface area contributed by atoms with E-state index in [0.29, 0.717) is 27.4 Å². The first-order chi connectivity index (χ1) is 8.47. The molecule has 2 unspecified atom stereocenters. The summed E-state index contributed by atoms with van der Waals surface area (Å²) in [5.74, 6) is 0.653. The van der Waals surface area contributed by atoms with E-state index in [2.05, 4.69) is 32.2 Å². The SMILES string of the molecule is CCCNC(c1cccc(Cl)c1Cl)C1CC1(C)C.